The highest BCUT2D eigenvalue weighted by molar-refractivity contribution is 6.10. The molecule has 34 heavy (non-hydrogen) atoms. The number of amides is 2. The summed E-state index contributed by atoms with van der Waals surface area (Å²) in [5, 5.41) is 19.7. The molecule has 0 aliphatic carbocycles. The quantitative estimate of drug-likeness (QED) is 0.334. The number of hydrogen-bond donors (Lipinski definition) is 2. The van der Waals surface area contributed by atoms with Crippen molar-refractivity contribution in [1.29, 1.82) is 5.26 Å². The van der Waals surface area contributed by atoms with Crippen molar-refractivity contribution in [3.05, 3.63) is 96.5 Å². The largest absolute Gasteiger partial charge is 0.326 e. The molecule has 166 valence electrons. The lowest BCUT2D eigenvalue weighted by Gasteiger charge is -2.06. The molecule has 4 rings (SSSR count). The average molecular weight is 448 g/mol. The van der Waals surface area contributed by atoms with Crippen LogP contribution in [0.2, 0.25) is 0 Å². The van der Waals surface area contributed by atoms with E-state index in [0.717, 1.165) is 11.3 Å². The van der Waals surface area contributed by atoms with Crippen molar-refractivity contribution in [2.24, 2.45) is 0 Å². The van der Waals surface area contributed by atoms with E-state index in [9.17, 15) is 14.9 Å². The third-order valence-electron chi connectivity index (χ3n) is 4.83. The Morgan fingerprint density at radius 3 is 2.29 bits per heavy atom. The SMILES string of the molecule is CC(=O)Nc1ccc(NC(=O)/C(C#N)=C/c2cn(-c3ccccc3)nc2-c2cccnc2)cc1. The molecule has 2 N–H and O–H groups in total. The number of nitrogens with zero attached hydrogens (tertiary/aromatic N) is 4. The number of rotatable bonds is 6. The van der Waals surface area contributed by atoms with Crippen molar-refractivity contribution < 1.29 is 9.59 Å². The van der Waals surface area contributed by atoms with Crippen molar-refractivity contribution >= 4 is 29.3 Å². The van der Waals surface area contributed by atoms with Gasteiger partial charge in [0, 0.05) is 48.0 Å². The van der Waals surface area contributed by atoms with E-state index in [4.69, 9.17) is 0 Å². The molecule has 0 aliphatic heterocycles. The summed E-state index contributed by atoms with van der Waals surface area (Å²) in [4.78, 5) is 28.1. The van der Waals surface area contributed by atoms with Gasteiger partial charge in [-0.25, -0.2) is 4.68 Å². The molecule has 0 saturated carbocycles. The summed E-state index contributed by atoms with van der Waals surface area (Å²) in [6, 6.07) is 21.8. The van der Waals surface area contributed by atoms with E-state index in [0.29, 0.717) is 22.6 Å². The Morgan fingerprint density at radius 2 is 1.68 bits per heavy atom. The molecule has 0 unspecified atom stereocenters. The second kappa shape index (κ2) is 10.1. The fraction of sp³-hybridized carbons (Fsp3) is 0.0385. The van der Waals surface area contributed by atoms with Gasteiger partial charge in [-0.05, 0) is 54.6 Å². The summed E-state index contributed by atoms with van der Waals surface area (Å²) in [5.41, 5.74) is 3.82. The zero-order valence-electron chi connectivity index (χ0n) is 18.3. The fourth-order valence-corrected chi connectivity index (χ4v) is 3.28. The predicted molar refractivity (Wildman–Crippen MR) is 130 cm³/mol. The number of nitriles is 1. The number of carbonyl (C=O) groups excluding carboxylic acids is 2. The first-order chi connectivity index (χ1) is 16.5. The maximum Gasteiger partial charge on any atom is 0.266 e. The van der Waals surface area contributed by atoms with E-state index in [1.807, 2.05) is 42.5 Å². The Hall–Kier alpha value is -5.03. The van der Waals surface area contributed by atoms with E-state index in [1.165, 1.54) is 13.0 Å². The fourth-order valence-electron chi connectivity index (χ4n) is 3.28. The van der Waals surface area contributed by atoms with Crippen molar-refractivity contribution in [3.63, 3.8) is 0 Å². The van der Waals surface area contributed by atoms with Gasteiger partial charge in [-0.2, -0.15) is 10.4 Å². The number of nitrogens with one attached hydrogen (secondary N) is 2. The number of benzene rings is 2. The summed E-state index contributed by atoms with van der Waals surface area (Å²) in [6.07, 6.45) is 6.62. The molecule has 4 aromatic rings. The van der Waals surface area contributed by atoms with E-state index in [-0.39, 0.29) is 11.5 Å². The summed E-state index contributed by atoms with van der Waals surface area (Å²) < 4.78 is 1.70. The summed E-state index contributed by atoms with van der Waals surface area (Å²) in [6.45, 7) is 1.42. The molecular weight excluding hydrogens is 428 g/mol. The highest BCUT2D eigenvalue weighted by atomic mass is 16.2. The second-order valence-electron chi connectivity index (χ2n) is 7.34. The normalized spacial score (nSPS) is 10.9. The number of para-hydroxylation sites is 1. The number of hydrogen-bond acceptors (Lipinski definition) is 5. The Labute approximate surface area is 196 Å². The first-order valence-electron chi connectivity index (χ1n) is 10.4. The van der Waals surface area contributed by atoms with Gasteiger partial charge in [-0.3, -0.25) is 14.6 Å². The lowest BCUT2D eigenvalue weighted by Crippen LogP contribution is -2.13. The molecule has 2 heterocycles. The topological polar surface area (TPSA) is 113 Å². The lowest BCUT2D eigenvalue weighted by molar-refractivity contribution is -0.114. The minimum absolute atomic E-state index is 0.0799. The zero-order chi connectivity index (χ0) is 23.9. The summed E-state index contributed by atoms with van der Waals surface area (Å²) >= 11 is 0. The highest BCUT2D eigenvalue weighted by Gasteiger charge is 2.15. The average Bonchev–Trinajstić information content (AvgIpc) is 3.28. The van der Waals surface area contributed by atoms with Gasteiger partial charge in [0.05, 0.1) is 5.69 Å². The molecule has 8 heteroatoms. The standard InChI is InChI=1S/C26H20N6O2/c1-18(33)29-22-9-11-23(12-10-22)30-26(34)20(15-27)14-21-17-32(24-7-3-2-4-8-24)31-25(21)19-6-5-13-28-16-19/h2-14,16-17H,1H3,(H,29,33)(H,30,34)/b20-14+. The van der Waals surface area contributed by atoms with E-state index in [1.54, 1.807) is 53.6 Å². The predicted octanol–water partition coefficient (Wildman–Crippen LogP) is 4.44. The molecule has 0 fully saturated rings. The van der Waals surface area contributed by atoms with Crippen LogP contribution in [-0.2, 0) is 9.59 Å². The van der Waals surface area contributed by atoms with Crippen LogP contribution in [0.15, 0.2) is 90.9 Å². The zero-order valence-corrected chi connectivity index (χ0v) is 18.3. The third kappa shape index (κ3) is 5.23. The molecule has 0 radical (unpaired) electrons. The van der Waals surface area contributed by atoms with Crippen LogP contribution in [0, 0.1) is 11.3 Å². The Morgan fingerprint density at radius 1 is 0.971 bits per heavy atom. The minimum Gasteiger partial charge on any atom is -0.326 e. The smallest absolute Gasteiger partial charge is 0.266 e. The minimum atomic E-state index is -0.556. The van der Waals surface area contributed by atoms with Crippen LogP contribution < -0.4 is 10.6 Å². The van der Waals surface area contributed by atoms with Crippen LogP contribution in [0.5, 0.6) is 0 Å². The number of aromatic nitrogens is 3. The van der Waals surface area contributed by atoms with Gasteiger partial charge in [0.2, 0.25) is 5.91 Å². The molecule has 0 aliphatic rings. The molecule has 0 atom stereocenters. The molecule has 2 aromatic heterocycles. The van der Waals surface area contributed by atoms with Gasteiger partial charge >= 0.3 is 0 Å². The lowest BCUT2D eigenvalue weighted by atomic mass is 10.1. The van der Waals surface area contributed by atoms with E-state index < -0.39 is 5.91 Å². The van der Waals surface area contributed by atoms with Crippen LogP contribution in [-0.4, -0.2) is 26.6 Å². The van der Waals surface area contributed by atoms with Crippen LogP contribution in [0.25, 0.3) is 23.0 Å². The number of anilines is 2. The van der Waals surface area contributed by atoms with Crippen LogP contribution in [0.4, 0.5) is 11.4 Å². The van der Waals surface area contributed by atoms with Gasteiger partial charge in [0.25, 0.3) is 5.91 Å². The van der Waals surface area contributed by atoms with Crippen molar-refractivity contribution in [1.82, 2.24) is 14.8 Å². The summed E-state index contributed by atoms with van der Waals surface area (Å²) in [5.74, 6) is -0.744. The van der Waals surface area contributed by atoms with Crippen molar-refractivity contribution in [3.8, 4) is 23.0 Å². The van der Waals surface area contributed by atoms with Gasteiger partial charge < -0.3 is 10.6 Å². The maximum absolute atomic E-state index is 12.8. The Balaban J connectivity index is 1.65. The van der Waals surface area contributed by atoms with Crippen molar-refractivity contribution in [2.75, 3.05) is 10.6 Å². The first kappa shape index (κ1) is 22.2. The molecular formula is C26H20N6O2. The van der Waals surface area contributed by atoms with Gasteiger partial charge in [0.1, 0.15) is 17.3 Å². The molecule has 2 aromatic carbocycles. The summed E-state index contributed by atoms with van der Waals surface area (Å²) in [7, 11) is 0. The molecule has 0 spiro atoms. The van der Waals surface area contributed by atoms with E-state index >= 15 is 0 Å². The molecule has 0 bridgehead atoms. The van der Waals surface area contributed by atoms with Crippen LogP contribution in [0.1, 0.15) is 12.5 Å². The first-order valence-corrected chi connectivity index (χ1v) is 10.4. The highest BCUT2D eigenvalue weighted by Crippen LogP contribution is 2.25. The molecule has 0 saturated heterocycles. The van der Waals surface area contributed by atoms with Crippen LogP contribution in [0.3, 0.4) is 0 Å². The monoisotopic (exact) mass is 448 g/mol. The molecule has 2 amide bonds. The van der Waals surface area contributed by atoms with Crippen LogP contribution >= 0.6 is 0 Å². The van der Waals surface area contributed by atoms with Gasteiger partial charge in [0.15, 0.2) is 0 Å². The number of carbonyl (C=O) groups is 2. The van der Waals surface area contributed by atoms with Gasteiger partial charge in [-0.15, -0.1) is 0 Å². The van der Waals surface area contributed by atoms with Crippen molar-refractivity contribution in [2.45, 2.75) is 6.92 Å². The van der Waals surface area contributed by atoms with E-state index in [2.05, 4.69) is 20.7 Å². The number of pyridine rings is 1. The van der Waals surface area contributed by atoms with Gasteiger partial charge in [-0.1, -0.05) is 18.2 Å². The Bertz CT molecular complexity index is 1380. The molecule has 8 nitrogen and oxygen atoms in total. The second-order valence-corrected chi connectivity index (χ2v) is 7.34. The maximum atomic E-state index is 12.8. The Kier molecular flexibility index (Phi) is 6.56. The third-order valence-corrected chi connectivity index (χ3v) is 4.83.